The van der Waals surface area contributed by atoms with Crippen LogP contribution in [-0.4, -0.2) is 15.8 Å². The molecule has 50 heavy (non-hydrogen) atoms. The Bertz CT molecular complexity index is 3360. The predicted molar refractivity (Wildman–Crippen MR) is 216 cm³/mol. The topological polar surface area (TPSA) is 9.86 Å². The van der Waals surface area contributed by atoms with E-state index in [4.69, 9.17) is 0 Å². The summed E-state index contributed by atoms with van der Waals surface area (Å²) >= 11 is 0. The zero-order valence-corrected chi connectivity index (χ0v) is 27.5. The van der Waals surface area contributed by atoms with Crippen molar-refractivity contribution in [1.82, 2.24) is 9.13 Å². The van der Waals surface area contributed by atoms with E-state index in [0.717, 1.165) is 5.22 Å². The van der Waals surface area contributed by atoms with Gasteiger partial charge in [-0.2, -0.15) is 0 Å². The molecule has 0 saturated carbocycles. The fraction of sp³-hybridized carbons (Fsp3) is 0.0213. The highest BCUT2D eigenvalue weighted by atomic mass is 15.0. The zero-order valence-electron chi connectivity index (χ0n) is 27.5. The molecule has 0 amide bonds. The van der Waals surface area contributed by atoms with E-state index >= 15 is 0 Å². The number of hydrogen-bond donors (Lipinski definition) is 0. The molecule has 0 radical (unpaired) electrons. The van der Waals surface area contributed by atoms with E-state index in [9.17, 15) is 0 Å². The molecule has 0 spiro atoms. The maximum Gasteiger partial charge on any atom is 0.252 e. The third-order valence-electron chi connectivity index (χ3n) is 11.7. The second-order valence-electron chi connectivity index (χ2n) is 14.0. The van der Waals surface area contributed by atoms with Crippen LogP contribution in [0.1, 0.15) is 6.92 Å². The molecular weight excluding hydrogens is 603 g/mol. The minimum Gasteiger partial charge on any atom is -0.310 e. The van der Waals surface area contributed by atoms with Crippen molar-refractivity contribution in [2.75, 3.05) is 0 Å². The van der Waals surface area contributed by atoms with Gasteiger partial charge in [0.1, 0.15) is 0 Å². The van der Waals surface area contributed by atoms with E-state index in [1.54, 1.807) is 0 Å². The minimum absolute atomic E-state index is 0.105. The fourth-order valence-corrected chi connectivity index (χ4v) is 9.92. The summed E-state index contributed by atoms with van der Waals surface area (Å²) in [6.45, 7) is 6.86. The molecule has 0 atom stereocenters. The third-order valence-corrected chi connectivity index (χ3v) is 11.7. The molecular formula is C47H29BN2. The van der Waals surface area contributed by atoms with Crippen molar-refractivity contribution in [2.24, 2.45) is 0 Å². The van der Waals surface area contributed by atoms with Gasteiger partial charge in [-0.25, -0.2) is 0 Å². The van der Waals surface area contributed by atoms with Crippen molar-refractivity contribution in [3.05, 3.63) is 150 Å². The third kappa shape index (κ3) is 2.96. The first-order valence-electron chi connectivity index (χ1n) is 17.6. The van der Waals surface area contributed by atoms with Gasteiger partial charge in [0.15, 0.2) is 0 Å². The van der Waals surface area contributed by atoms with E-state index < -0.39 is 0 Å². The highest BCUT2D eigenvalue weighted by Gasteiger charge is 2.41. The van der Waals surface area contributed by atoms with Gasteiger partial charge in [0, 0.05) is 54.7 Å². The van der Waals surface area contributed by atoms with Gasteiger partial charge in [0.2, 0.25) is 0 Å². The van der Waals surface area contributed by atoms with Gasteiger partial charge in [-0.15, -0.1) is 0 Å². The summed E-state index contributed by atoms with van der Waals surface area (Å²) in [5, 5.41) is 15.2. The van der Waals surface area contributed by atoms with Crippen LogP contribution >= 0.6 is 0 Å². The van der Waals surface area contributed by atoms with Gasteiger partial charge in [-0.1, -0.05) is 140 Å². The molecule has 2 aliphatic heterocycles. The lowest BCUT2D eigenvalue weighted by Crippen LogP contribution is -2.59. The van der Waals surface area contributed by atoms with Crippen LogP contribution in [0.2, 0.25) is 0 Å². The summed E-state index contributed by atoms with van der Waals surface area (Å²) in [7, 11) is 0. The first kappa shape index (κ1) is 26.6. The Kier molecular flexibility index (Phi) is 4.91. The second-order valence-corrected chi connectivity index (χ2v) is 14.0. The highest BCUT2D eigenvalue weighted by Crippen LogP contribution is 2.44. The van der Waals surface area contributed by atoms with Crippen molar-refractivity contribution in [2.45, 2.75) is 6.92 Å². The highest BCUT2D eigenvalue weighted by molar-refractivity contribution is 7.00. The summed E-state index contributed by atoms with van der Waals surface area (Å²) in [6, 6.07) is 47.8. The average Bonchev–Trinajstić information content (AvgIpc) is 3.71. The monoisotopic (exact) mass is 632 g/mol. The van der Waals surface area contributed by atoms with Crippen LogP contribution in [0.4, 0.5) is 0 Å². The van der Waals surface area contributed by atoms with Gasteiger partial charge < -0.3 is 9.13 Å². The molecule has 2 aliphatic rings. The molecule has 0 bridgehead atoms. The molecule has 0 unspecified atom stereocenters. The van der Waals surface area contributed by atoms with Gasteiger partial charge in [-0.05, 0) is 67.4 Å². The number of allylic oxidation sites excluding steroid dienone is 2. The van der Waals surface area contributed by atoms with E-state index in [0.29, 0.717) is 0 Å². The molecule has 230 valence electrons. The molecule has 0 saturated heterocycles. The van der Waals surface area contributed by atoms with Crippen LogP contribution in [-0.2, 0) is 0 Å². The Labute approximate surface area is 288 Å². The van der Waals surface area contributed by atoms with Crippen molar-refractivity contribution in [1.29, 1.82) is 0 Å². The van der Waals surface area contributed by atoms with Crippen molar-refractivity contribution in [3.8, 4) is 11.4 Å². The quantitative estimate of drug-likeness (QED) is 0.127. The molecule has 0 aliphatic carbocycles. The van der Waals surface area contributed by atoms with Crippen LogP contribution in [0.15, 0.2) is 140 Å². The first-order chi connectivity index (χ1) is 24.8. The number of fused-ring (bicyclic) bond motifs is 17. The predicted octanol–water partition coefficient (Wildman–Crippen LogP) is 8.25. The summed E-state index contributed by atoms with van der Waals surface area (Å²) < 4.78 is 5.20. The van der Waals surface area contributed by atoms with Crippen LogP contribution < -0.4 is 26.8 Å². The maximum atomic E-state index is 4.67. The number of nitrogens with zero attached hydrogens (tertiary/aromatic N) is 2. The second kappa shape index (κ2) is 9.22. The van der Waals surface area contributed by atoms with E-state index in [-0.39, 0.29) is 6.71 Å². The Morgan fingerprint density at radius 3 is 1.60 bits per heavy atom. The minimum atomic E-state index is 0.105. The van der Waals surface area contributed by atoms with Crippen LogP contribution in [0.25, 0.3) is 100.0 Å². The zero-order chi connectivity index (χ0) is 32.8. The molecule has 8 aromatic carbocycles. The number of aromatic nitrogens is 2. The van der Waals surface area contributed by atoms with E-state index in [1.807, 2.05) is 0 Å². The van der Waals surface area contributed by atoms with Gasteiger partial charge in [0.25, 0.3) is 6.71 Å². The van der Waals surface area contributed by atoms with Gasteiger partial charge >= 0.3 is 0 Å². The summed E-state index contributed by atoms with van der Waals surface area (Å²) in [4.78, 5) is 0. The Balaban J connectivity index is 1.35. The summed E-state index contributed by atoms with van der Waals surface area (Å²) in [5.74, 6) is 0. The Hall–Kier alpha value is -6.32. The smallest absolute Gasteiger partial charge is 0.252 e. The molecule has 12 rings (SSSR count). The fourth-order valence-electron chi connectivity index (χ4n) is 9.92. The van der Waals surface area contributed by atoms with Crippen LogP contribution in [0, 0.1) is 0 Å². The number of para-hydroxylation sites is 2. The van der Waals surface area contributed by atoms with Crippen molar-refractivity contribution < 1.29 is 0 Å². The van der Waals surface area contributed by atoms with Crippen molar-refractivity contribution >= 4 is 112 Å². The Morgan fingerprint density at radius 2 is 0.960 bits per heavy atom. The number of rotatable bonds is 1. The lowest BCUT2D eigenvalue weighted by Gasteiger charge is -2.33. The molecule has 10 aromatic rings. The van der Waals surface area contributed by atoms with Crippen LogP contribution in [0.3, 0.4) is 0 Å². The molecule has 0 fully saturated rings. The Morgan fingerprint density at radius 1 is 0.480 bits per heavy atom. The van der Waals surface area contributed by atoms with E-state index in [2.05, 4.69) is 168 Å². The van der Waals surface area contributed by atoms with Gasteiger partial charge in [-0.3, -0.25) is 0 Å². The van der Waals surface area contributed by atoms with Crippen LogP contribution in [0.5, 0.6) is 0 Å². The number of hydrogen-bond acceptors (Lipinski definition) is 0. The maximum absolute atomic E-state index is 4.67. The first-order valence-corrected chi connectivity index (χ1v) is 17.6. The lowest BCUT2D eigenvalue weighted by molar-refractivity contribution is 1.15. The molecule has 2 nitrogen and oxygen atoms in total. The lowest BCUT2D eigenvalue weighted by atomic mass is 9.34. The standard InChI is InChI=1S/C47H29BN2/c1-3-4-14-29-27(2)28-15-5-9-19-33(28)46-41(29)35-21-11-23-37-44(35)49(46)39-25-13-26-40-43(39)48(37)38-24-12-22-36-42-32-18-8-6-16-30(32)31-17-7-10-20-34(31)47(42)50(40)45(36)38/h3-26H,2H2,1H3/b4-3-,29-14+. The normalized spacial score (nSPS) is 13.8. The molecule has 2 aromatic heterocycles. The average molecular weight is 633 g/mol. The van der Waals surface area contributed by atoms with E-state index in [1.165, 1.54) is 109 Å². The summed E-state index contributed by atoms with van der Waals surface area (Å²) in [6.07, 6.45) is 6.52. The SMILES string of the molecule is C=c1/c(=C\C=C/C)c2c3cccc4c3n(c2c2ccccc12)-c1cccc2c1B4c1cccc3c4c5ccccc5c5ccccc5c4n-2c13. The molecule has 0 N–H and O–H groups in total. The largest absolute Gasteiger partial charge is 0.310 e. The number of benzene rings is 8. The van der Waals surface area contributed by atoms with Crippen molar-refractivity contribution in [3.63, 3.8) is 0 Å². The summed E-state index contributed by atoms with van der Waals surface area (Å²) in [5.41, 5.74) is 11.8. The van der Waals surface area contributed by atoms with Gasteiger partial charge in [0.05, 0.1) is 11.0 Å². The molecule has 3 heteroatoms. The molecule has 4 heterocycles.